The fourth-order valence-electron chi connectivity index (χ4n) is 4.52. The molecule has 0 spiro atoms. The van der Waals surface area contributed by atoms with Gasteiger partial charge in [-0.15, -0.1) is 0 Å². The number of aromatic amines is 1. The Morgan fingerprint density at radius 1 is 1.12 bits per heavy atom. The van der Waals surface area contributed by atoms with Gasteiger partial charge in [0.15, 0.2) is 5.82 Å². The van der Waals surface area contributed by atoms with Crippen LogP contribution < -0.4 is 14.5 Å². The summed E-state index contributed by atoms with van der Waals surface area (Å²) in [4.78, 5) is 31.3. The van der Waals surface area contributed by atoms with E-state index < -0.39 is 11.7 Å². The molecule has 166 valence electrons. The summed E-state index contributed by atoms with van der Waals surface area (Å²) in [5.41, 5.74) is 1.62. The molecule has 2 amide bonds. The fraction of sp³-hybridized carbons (Fsp3) is 0.348. The molecule has 1 aromatic heterocycles. The highest BCUT2D eigenvalue weighted by atomic mass is 19.1. The molecular formula is C23H24FN5O3. The van der Waals surface area contributed by atoms with Gasteiger partial charge in [0, 0.05) is 44.8 Å². The molecule has 1 N–H and O–H groups in total. The first-order valence-electron chi connectivity index (χ1n) is 10.7. The molecule has 2 aliphatic rings. The van der Waals surface area contributed by atoms with E-state index in [1.165, 1.54) is 11.0 Å². The Morgan fingerprint density at radius 2 is 1.88 bits per heavy atom. The zero-order chi connectivity index (χ0) is 22.2. The molecule has 0 bridgehead atoms. The molecule has 0 unspecified atom stereocenters. The summed E-state index contributed by atoms with van der Waals surface area (Å²) >= 11 is 0. The number of fused-ring (bicyclic) bond motifs is 1. The van der Waals surface area contributed by atoms with E-state index >= 15 is 0 Å². The number of benzene rings is 2. The van der Waals surface area contributed by atoms with Crippen LogP contribution in [-0.2, 0) is 9.59 Å². The number of piperazine rings is 1. The Bertz CT molecular complexity index is 1150. The highest BCUT2D eigenvalue weighted by Gasteiger charge is 2.39. The van der Waals surface area contributed by atoms with Gasteiger partial charge < -0.3 is 14.5 Å². The molecule has 8 nitrogen and oxygen atoms in total. The second-order valence-corrected chi connectivity index (χ2v) is 8.13. The lowest BCUT2D eigenvalue weighted by molar-refractivity contribution is -0.136. The molecule has 3 heterocycles. The van der Waals surface area contributed by atoms with Crippen LogP contribution in [0.5, 0.6) is 5.75 Å². The third-order valence-corrected chi connectivity index (χ3v) is 6.28. The first-order chi connectivity index (χ1) is 15.5. The van der Waals surface area contributed by atoms with E-state index in [1.807, 2.05) is 29.2 Å². The molecule has 2 aromatic carbocycles. The van der Waals surface area contributed by atoms with Crippen molar-refractivity contribution < 1.29 is 18.7 Å². The number of ether oxygens (including phenoxy) is 1. The maximum Gasteiger partial charge on any atom is 0.229 e. The number of rotatable bonds is 4. The van der Waals surface area contributed by atoms with Crippen LogP contribution in [-0.4, -0.2) is 66.7 Å². The number of nitrogens with zero attached hydrogens (tertiary/aromatic N) is 4. The van der Waals surface area contributed by atoms with Crippen LogP contribution >= 0.6 is 0 Å². The van der Waals surface area contributed by atoms with Crippen LogP contribution in [0.1, 0.15) is 6.42 Å². The van der Waals surface area contributed by atoms with Gasteiger partial charge in [0.1, 0.15) is 11.6 Å². The molecule has 0 radical (unpaired) electrons. The molecule has 9 heteroatoms. The summed E-state index contributed by atoms with van der Waals surface area (Å²) < 4.78 is 19.5. The lowest BCUT2D eigenvalue weighted by Gasteiger charge is -2.37. The SMILES string of the molecule is COc1ccc(N2CCN(C(=O)[C@H]3CC(=O)N(c4n[nH]c5cccc(F)c45)C3)CC2)cc1. The molecule has 2 fully saturated rings. The van der Waals surface area contributed by atoms with Crippen molar-refractivity contribution in [1.82, 2.24) is 15.1 Å². The first kappa shape index (κ1) is 20.3. The average molecular weight is 437 g/mol. The van der Waals surface area contributed by atoms with E-state index in [0.717, 1.165) is 24.5 Å². The number of H-pyrrole nitrogens is 1. The minimum Gasteiger partial charge on any atom is -0.497 e. The summed E-state index contributed by atoms with van der Waals surface area (Å²) in [6.45, 7) is 2.84. The van der Waals surface area contributed by atoms with Gasteiger partial charge in [-0.1, -0.05) is 6.07 Å². The van der Waals surface area contributed by atoms with Gasteiger partial charge >= 0.3 is 0 Å². The quantitative estimate of drug-likeness (QED) is 0.678. The van der Waals surface area contributed by atoms with Crippen LogP contribution in [0.3, 0.4) is 0 Å². The fourth-order valence-corrected chi connectivity index (χ4v) is 4.52. The maximum absolute atomic E-state index is 14.3. The molecule has 32 heavy (non-hydrogen) atoms. The van der Waals surface area contributed by atoms with E-state index in [1.54, 1.807) is 19.2 Å². The summed E-state index contributed by atoms with van der Waals surface area (Å²) in [6.07, 6.45) is 0.111. The number of carbonyl (C=O) groups excluding carboxylic acids is 2. The third kappa shape index (κ3) is 3.53. The van der Waals surface area contributed by atoms with Gasteiger partial charge in [-0.2, -0.15) is 5.10 Å². The van der Waals surface area contributed by atoms with Crippen LogP contribution in [0.2, 0.25) is 0 Å². The Kier molecular flexibility index (Phi) is 5.16. The second kappa shape index (κ2) is 8.14. The molecule has 0 aliphatic carbocycles. The molecule has 2 saturated heterocycles. The van der Waals surface area contributed by atoms with E-state index in [9.17, 15) is 14.0 Å². The maximum atomic E-state index is 14.3. The summed E-state index contributed by atoms with van der Waals surface area (Å²) in [5.74, 6) is -0.0743. The Labute approximate surface area is 184 Å². The topological polar surface area (TPSA) is 81.8 Å². The van der Waals surface area contributed by atoms with Gasteiger partial charge in [0.05, 0.1) is 23.9 Å². The number of methoxy groups -OCH3 is 1. The van der Waals surface area contributed by atoms with Crippen molar-refractivity contribution >= 4 is 34.2 Å². The van der Waals surface area contributed by atoms with Crippen molar-refractivity contribution in [2.75, 3.05) is 49.6 Å². The first-order valence-corrected chi connectivity index (χ1v) is 10.7. The zero-order valence-electron chi connectivity index (χ0n) is 17.8. The summed E-state index contributed by atoms with van der Waals surface area (Å²) in [6, 6.07) is 12.5. The predicted octanol–water partition coefficient (Wildman–Crippen LogP) is 2.41. The molecule has 2 aliphatic heterocycles. The van der Waals surface area contributed by atoms with E-state index in [-0.39, 0.29) is 36.0 Å². The number of nitrogens with one attached hydrogen (secondary N) is 1. The smallest absolute Gasteiger partial charge is 0.229 e. The number of amides is 2. The van der Waals surface area contributed by atoms with E-state index in [0.29, 0.717) is 18.6 Å². The minimum atomic E-state index is -0.450. The summed E-state index contributed by atoms with van der Waals surface area (Å²) in [7, 11) is 1.64. The number of hydrogen-bond donors (Lipinski definition) is 1. The second-order valence-electron chi connectivity index (χ2n) is 8.13. The minimum absolute atomic E-state index is 0.0319. The molecule has 5 rings (SSSR count). The van der Waals surface area contributed by atoms with Gasteiger partial charge in [-0.3, -0.25) is 19.6 Å². The lowest BCUT2D eigenvalue weighted by atomic mass is 10.1. The molecule has 0 saturated carbocycles. The van der Waals surface area contributed by atoms with Gasteiger partial charge in [0.25, 0.3) is 0 Å². The third-order valence-electron chi connectivity index (χ3n) is 6.28. The number of carbonyl (C=O) groups is 2. The monoisotopic (exact) mass is 437 g/mol. The predicted molar refractivity (Wildman–Crippen MR) is 118 cm³/mol. The zero-order valence-corrected chi connectivity index (χ0v) is 17.8. The normalized spacial score (nSPS) is 19.1. The van der Waals surface area contributed by atoms with Crippen LogP contribution in [0.15, 0.2) is 42.5 Å². The summed E-state index contributed by atoms with van der Waals surface area (Å²) in [5, 5.41) is 7.20. The van der Waals surface area contributed by atoms with Crippen molar-refractivity contribution in [3.8, 4) is 5.75 Å². The standard InChI is InChI=1S/C23H24FN5O3/c1-32-17-7-5-16(6-8-17)27-9-11-28(12-10-27)23(31)15-13-20(30)29(14-15)22-21-18(24)3-2-4-19(21)25-26-22/h2-8,15H,9-14H2,1H3,(H,25,26)/t15-/m0/s1. The largest absolute Gasteiger partial charge is 0.497 e. The molecular weight excluding hydrogens is 413 g/mol. The van der Waals surface area contributed by atoms with Crippen LogP contribution in [0.4, 0.5) is 15.9 Å². The number of anilines is 2. The van der Waals surface area contributed by atoms with Gasteiger partial charge in [-0.05, 0) is 36.4 Å². The lowest BCUT2D eigenvalue weighted by Crippen LogP contribution is -2.50. The van der Waals surface area contributed by atoms with Crippen molar-refractivity contribution in [2.24, 2.45) is 5.92 Å². The van der Waals surface area contributed by atoms with Crippen molar-refractivity contribution in [3.05, 3.63) is 48.3 Å². The van der Waals surface area contributed by atoms with Gasteiger partial charge in [-0.25, -0.2) is 4.39 Å². The highest BCUT2D eigenvalue weighted by molar-refractivity contribution is 6.05. The van der Waals surface area contributed by atoms with Crippen LogP contribution in [0, 0.1) is 11.7 Å². The number of aromatic nitrogens is 2. The molecule has 1 atom stereocenters. The average Bonchev–Trinajstić information content (AvgIpc) is 3.43. The molecule has 3 aromatic rings. The number of hydrogen-bond acceptors (Lipinski definition) is 5. The van der Waals surface area contributed by atoms with Crippen molar-refractivity contribution in [1.29, 1.82) is 0 Å². The highest BCUT2D eigenvalue weighted by Crippen LogP contribution is 2.32. The van der Waals surface area contributed by atoms with E-state index in [4.69, 9.17) is 4.74 Å². The Balaban J connectivity index is 1.24. The number of halogens is 1. The van der Waals surface area contributed by atoms with Gasteiger partial charge in [0.2, 0.25) is 11.8 Å². The van der Waals surface area contributed by atoms with Crippen molar-refractivity contribution in [3.63, 3.8) is 0 Å². The van der Waals surface area contributed by atoms with Crippen molar-refractivity contribution in [2.45, 2.75) is 6.42 Å². The van der Waals surface area contributed by atoms with Crippen LogP contribution in [0.25, 0.3) is 10.9 Å². The Hall–Kier alpha value is -3.62. The Morgan fingerprint density at radius 3 is 2.59 bits per heavy atom. The van der Waals surface area contributed by atoms with E-state index in [2.05, 4.69) is 15.1 Å².